The third-order valence-corrected chi connectivity index (χ3v) is 3.77. The van der Waals surface area contributed by atoms with Crippen molar-refractivity contribution in [1.29, 1.82) is 0 Å². The van der Waals surface area contributed by atoms with Crippen molar-refractivity contribution in [3.63, 3.8) is 0 Å². The number of hydrogen-bond donors (Lipinski definition) is 1. The van der Waals surface area contributed by atoms with Crippen LogP contribution in [0.5, 0.6) is 5.75 Å². The van der Waals surface area contributed by atoms with Gasteiger partial charge < -0.3 is 10.1 Å². The third kappa shape index (κ3) is 3.53. The topological polar surface area (TPSA) is 68.5 Å². The molecule has 3 aromatic rings. The highest BCUT2D eigenvalue weighted by atomic mass is 16.5. The highest BCUT2D eigenvalue weighted by molar-refractivity contribution is 5.96. The lowest BCUT2D eigenvalue weighted by Gasteiger charge is -2.09. The van der Waals surface area contributed by atoms with Crippen LogP contribution in [0.3, 0.4) is 0 Å². The monoisotopic (exact) mass is 324 g/mol. The third-order valence-electron chi connectivity index (χ3n) is 3.77. The first-order valence-electron chi connectivity index (χ1n) is 7.89. The van der Waals surface area contributed by atoms with Gasteiger partial charge in [-0.15, -0.1) is 0 Å². The molecule has 0 aliphatic rings. The lowest BCUT2D eigenvalue weighted by molar-refractivity contribution is 0.0950. The first-order chi connectivity index (χ1) is 11.7. The standard InChI is InChI=1S/C18H20N4O2/c1-13-10-17-20-11-14(12-22(17)21-13)6-5-9-19-18(23)15-7-3-4-8-16(15)24-2/h3-4,7-8,10-12H,5-6,9H2,1-2H3,(H,19,23). The van der Waals surface area contributed by atoms with Crippen LogP contribution in [0.25, 0.3) is 5.65 Å². The molecule has 0 unspecified atom stereocenters. The molecule has 0 atom stereocenters. The van der Waals surface area contributed by atoms with E-state index in [1.807, 2.05) is 37.5 Å². The quantitative estimate of drug-likeness (QED) is 0.707. The van der Waals surface area contributed by atoms with Gasteiger partial charge in [0.25, 0.3) is 5.91 Å². The molecule has 1 aromatic carbocycles. The maximum absolute atomic E-state index is 12.2. The molecule has 0 aliphatic heterocycles. The zero-order valence-corrected chi connectivity index (χ0v) is 13.8. The predicted octanol–water partition coefficient (Wildman–Crippen LogP) is 2.41. The molecular formula is C18H20N4O2. The number of carbonyl (C=O) groups is 1. The lowest BCUT2D eigenvalue weighted by Crippen LogP contribution is -2.25. The Bertz CT molecular complexity index is 857. The number of nitrogens with zero attached hydrogens (tertiary/aromatic N) is 3. The van der Waals surface area contributed by atoms with E-state index < -0.39 is 0 Å². The molecule has 6 nitrogen and oxygen atoms in total. The number of aromatic nitrogens is 3. The van der Waals surface area contributed by atoms with Crippen molar-refractivity contribution in [3.05, 3.63) is 59.5 Å². The summed E-state index contributed by atoms with van der Waals surface area (Å²) >= 11 is 0. The van der Waals surface area contributed by atoms with Gasteiger partial charge in [0.05, 0.1) is 18.4 Å². The van der Waals surface area contributed by atoms with Crippen molar-refractivity contribution < 1.29 is 9.53 Å². The number of carbonyl (C=O) groups excluding carboxylic acids is 1. The van der Waals surface area contributed by atoms with Gasteiger partial charge in [0, 0.05) is 25.0 Å². The van der Waals surface area contributed by atoms with E-state index >= 15 is 0 Å². The van der Waals surface area contributed by atoms with Crippen LogP contribution >= 0.6 is 0 Å². The minimum absolute atomic E-state index is 0.122. The summed E-state index contributed by atoms with van der Waals surface area (Å²) in [7, 11) is 1.56. The summed E-state index contributed by atoms with van der Waals surface area (Å²) in [5, 5.41) is 7.28. The van der Waals surface area contributed by atoms with Gasteiger partial charge in [-0.2, -0.15) is 5.10 Å². The molecule has 1 N–H and O–H groups in total. The average molecular weight is 324 g/mol. The molecule has 2 heterocycles. The summed E-state index contributed by atoms with van der Waals surface area (Å²) in [6, 6.07) is 9.14. The van der Waals surface area contributed by atoms with E-state index in [9.17, 15) is 4.79 Å². The fraction of sp³-hybridized carbons (Fsp3) is 0.278. The van der Waals surface area contributed by atoms with Crippen LogP contribution in [-0.2, 0) is 6.42 Å². The van der Waals surface area contributed by atoms with Crippen molar-refractivity contribution in [1.82, 2.24) is 19.9 Å². The smallest absolute Gasteiger partial charge is 0.255 e. The number of aryl methyl sites for hydroxylation is 2. The molecule has 0 saturated carbocycles. The Balaban J connectivity index is 1.53. The maximum Gasteiger partial charge on any atom is 0.255 e. The highest BCUT2D eigenvalue weighted by Crippen LogP contribution is 2.16. The van der Waals surface area contributed by atoms with E-state index in [0.717, 1.165) is 29.7 Å². The minimum atomic E-state index is -0.122. The van der Waals surface area contributed by atoms with Crippen LogP contribution in [0.15, 0.2) is 42.7 Å². The summed E-state index contributed by atoms with van der Waals surface area (Å²) in [4.78, 5) is 16.6. The van der Waals surface area contributed by atoms with Crippen LogP contribution < -0.4 is 10.1 Å². The van der Waals surface area contributed by atoms with Crippen molar-refractivity contribution in [2.75, 3.05) is 13.7 Å². The largest absolute Gasteiger partial charge is 0.496 e. The van der Waals surface area contributed by atoms with Gasteiger partial charge in [-0.1, -0.05) is 12.1 Å². The van der Waals surface area contributed by atoms with Crippen LogP contribution in [-0.4, -0.2) is 34.2 Å². The van der Waals surface area contributed by atoms with E-state index in [4.69, 9.17) is 4.74 Å². The molecule has 1 amide bonds. The summed E-state index contributed by atoms with van der Waals surface area (Å²) in [6.45, 7) is 2.54. The molecule has 2 aromatic heterocycles. The van der Waals surface area contributed by atoms with Crippen molar-refractivity contribution in [3.8, 4) is 5.75 Å². The Morgan fingerprint density at radius 3 is 3.00 bits per heavy atom. The number of methoxy groups -OCH3 is 1. The number of nitrogens with one attached hydrogen (secondary N) is 1. The first-order valence-corrected chi connectivity index (χ1v) is 7.89. The Kier molecular flexibility index (Phi) is 4.74. The number of fused-ring (bicyclic) bond motifs is 1. The zero-order valence-electron chi connectivity index (χ0n) is 13.8. The molecule has 0 bridgehead atoms. The molecule has 3 rings (SSSR count). The Labute approximate surface area is 140 Å². The van der Waals surface area contributed by atoms with Crippen LogP contribution in [0.1, 0.15) is 28.0 Å². The number of amides is 1. The average Bonchev–Trinajstić information content (AvgIpc) is 2.97. The van der Waals surface area contributed by atoms with E-state index in [1.54, 1.807) is 23.8 Å². The molecule has 24 heavy (non-hydrogen) atoms. The number of hydrogen-bond acceptors (Lipinski definition) is 4. The Morgan fingerprint density at radius 2 is 2.17 bits per heavy atom. The Hall–Kier alpha value is -2.89. The predicted molar refractivity (Wildman–Crippen MR) is 91.4 cm³/mol. The van der Waals surface area contributed by atoms with E-state index in [1.165, 1.54) is 0 Å². The van der Waals surface area contributed by atoms with Gasteiger partial charge in [0.2, 0.25) is 0 Å². The molecule has 0 radical (unpaired) electrons. The normalized spacial score (nSPS) is 10.8. The fourth-order valence-electron chi connectivity index (χ4n) is 2.58. The molecule has 0 fully saturated rings. The fourth-order valence-corrected chi connectivity index (χ4v) is 2.58. The first kappa shape index (κ1) is 16.0. The van der Waals surface area contributed by atoms with Gasteiger partial charge in [-0.05, 0) is 37.5 Å². The van der Waals surface area contributed by atoms with Gasteiger partial charge in [0.1, 0.15) is 5.75 Å². The number of ether oxygens (including phenoxy) is 1. The van der Waals surface area contributed by atoms with Crippen LogP contribution in [0.2, 0.25) is 0 Å². The maximum atomic E-state index is 12.2. The summed E-state index contributed by atoms with van der Waals surface area (Å²) in [5.41, 5.74) is 3.44. The van der Waals surface area contributed by atoms with Crippen LogP contribution in [0.4, 0.5) is 0 Å². The summed E-state index contributed by atoms with van der Waals surface area (Å²) in [6.07, 6.45) is 5.50. The molecule has 0 aliphatic carbocycles. The number of rotatable bonds is 6. The second-order valence-electron chi connectivity index (χ2n) is 5.61. The molecule has 0 spiro atoms. The van der Waals surface area contributed by atoms with E-state index in [-0.39, 0.29) is 5.91 Å². The highest BCUT2D eigenvalue weighted by Gasteiger charge is 2.10. The van der Waals surface area contributed by atoms with Crippen molar-refractivity contribution in [2.24, 2.45) is 0 Å². The minimum Gasteiger partial charge on any atom is -0.496 e. The van der Waals surface area contributed by atoms with Gasteiger partial charge in [-0.3, -0.25) is 4.79 Å². The molecule has 6 heteroatoms. The zero-order chi connectivity index (χ0) is 16.9. The summed E-state index contributed by atoms with van der Waals surface area (Å²) in [5.74, 6) is 0.461. The van der Waals surface area contributed by atoms with Gasteiger partial charge >= 0.3 is 0 Å². The Morgan fingerprint density at radius 1 is 1.33 bits per heavy atom. The molecular weight excluding hydrogens is 304 g/mol. The van der Waals surface area contributed by atoms with Gasteiger partial charge in [-0.25, -0.2) is 9.50 Å². The van der Waals surface area contributed by atoms with Gasteiger partial charge in [0.15, 0.2) is 5.65 Å². The SMILES string of the molecule is COc1ccccc1C(=O)NCCCc1cnc2cc(C)nn2c1. The van der Waals surface area contributed by atoms with Crippen molar-refractivity contribution >= 4 is 11.6 Å². The second-order valence-corrected chi connectivity index (χ2v) is 5.61. The number of para-hydroxylation sites is 1. The summed E-state index contributed by atoms with van der Waals surface area (Å²) < 4.78 is 7.00. The van der Waals surface area contributed by atoms with Crippen LogP contribution in [0, 0.1) is 6.92 Å². The van der Waals surface area contributed by atoms with E-state index in [2.05, 4.69) is 15.4 Å². The second kappa shape index (κ2) is 7.12. The lowest BCUT2D eigenvalue weighted by atomic mass is 10.1. The molecule has 0 saturated heterocycles. The van der Waals surface area contributed by atoms with E-state index in [0.29, 0.717) is 17.9 Å². The van der Waals surface area contributed by atoms with Crippen molar-refractivity contribution in [2.45, 2.75) is 19.8 Å². The molecule has 124 valence electrons. The number of benzene rings is 1.